The summed E-state index contributed by atoms with van der Waals surface area (Å²) in [6, 6.07) is 5.49. The van der Waals surface area contributed by atoms with Gasteiger partial charge in [-0.1, -0.05) is 36.1 Å². The molecule has 0 bridgehead atoms. The Morgan fingerprint density at radius 3 is 2.77 bits per heavy atom. The summed E-state index contributed by atoms with van der Waals surface area (Å²) in [5.74, 6) is 0.434. The molecule has 2 fully saturated rings. The number of carbonyl (C=O) groups is 1. The van der Waals surface area contributed by atoms with Crippen LogP contribution in [0.3, 0.4) is 0 Å². The molecule has 2 aromatic rings. The number of pyridine rings is 1. The standard InChI is InChI=1S/C21H23N5O2S2/c1-3-8-26-20(28)16(30-21(26)29)14-15-18(24-12-10-23(4-2)11-13-24)22-17-7-5-6-9-25(17)19(15)27/h3,5-7,9,14H,1,4,8,10-13H2,2H3/p+1. The molecule has 0 unspecified atom stereocenters. The number of likely N-dealkylation sites (N-methyl/N-ethyl adjacent to an activating group) is 1. The van der Waals surface area contributed by atoms with Crippen LogP contribution in [0.5, 0.6) is 0 Å². The van der Waals surface area contributed by atoms with Gasteiger partial charge >= 0.3 is 0 Å². The van der Waals surface area contributed by atoms with Gasteiger partial charge < -0.3 is 9.80 Å². The van der Waals surface area contributed by atoms with E-state index in [-0.39, 0.29) is 11.5 Å². The van der Waals surface area contributed by atoms with Crippen LogP contribution in [0.25, 0.3) is 11.7 Å². The number of aromatic nitrogens is 2. The summed E-state index contributed by atoms with van der Waals surface area (Å²) >= 11 is 6.55. The third-order valence-corrected chi connectivity index (χ3v) is 6.86. The zero-order valence-corrected chi connectivity index (χ0v) is 18.5. The number of thioether (sulfide) groups is 1. The maximum atomic E-state index is 13.4. The van der Waals surface area contributed by atoms with Crippen molar-refractivity contribution in [1.82, 2.24) is 14.3 Å². The predicted octanol–water partition coefficient (Wildman–Crippen LogP) is 0.807. The number of anilines is 1. The van der Waals surface area contributed by atoms with Crippen molar-refractivity contribution in [2.45, 2.75) is 6.92 Å². The SMILES string of the molecule is C=CCN1C(=O)C(=Cc2c(N3CC[NH+](CC)CC3)nc3ccccn3c2=O)SC1=S. The lowest BCUT2D eigenvalue weighted by Gasteiger charge is -2.33. The summed E-state index contributed by atoms with van der Waals surface area (Å²) in [6.45, 7) is 10.9. The molecule has 1 N–H and O–H groups in total. The van der Waals surface area contributed by atoms with E-state index in [1.807, 2.05) is 12.1 Å². The summed E-state index contributed by atoms with van der Waals surface area (Å²) < 4.78 is 1.99. The third-order valence-electron chi connectivity index (χ3n) is 5.48. The van der Waals surface area contributed by atoms with Gasteiger partial charge in [0.2, 0.25) is 0 Å². The molecule has 0 radical (unpaired) electrons. The molecular formula is C21H24N5O2S2+. The van der Waals surface area contributed by atoms with E-state index in [9.17, 15) is 9.59 Å². The minimum absolute atomic E-state index is 0.185. The zero-order valence-electron chi connectivity index (χ0n) is 16.8. The third kappa shape index (κ3) is 3.80. The Hall–Kier alpha value is -2.49. The highest BCUT2D eigenvalue weighted by atomic mass is 32.2. The van der Waals surface area contributed by atoms with E-state index in [2.05, 4.69) is 18.4 Å². The number of nitrogens with one attached hydrogen (secondary N) is 1. The van der Waals surface area contributed by atoms with E-state index in [0.29, 0.717) is 32.8 Å². The Morgan fingerprint density at radius 1 is 1.30 bits per heavy atom. The van der Waals surface area contributed by atoms with Crippen molar-refractivity contribution in [3.05, 3.63) is 57.9 Å². The van der Waals surface area contributed by atoms with Crippen LogP contribution >= 0.6 is 24.0 Å². The number of nitrogens with zero attached hydrogens (tertiary/aromatic N) is 4. The number of fused-ring (bicyclic) bond motifs is 1. The number of rotatable bonds is 5. The van der Waals surface area contributed by atoms with Gasteiger partial charge in [0.25, 0.3) is 11.5 Å². The van der Waals surface area contributed by atoms with Gasteiger partial charge in [-0.2, -0.15) is 0 Å². The van der Waals surface area contributed by atoms with Crippen molar-refractivity contribution in [2.24, 2.45) is 0 Å². The fourth-order valence-electron chi connectivity index (χ4n) is 3.76. The average molecular weight is 443 g/mol. The highest BCUT2D eigenvalue weighted by molar-refractivity contribution is 8.26. The Balaban J connectivity index is 1.81. The maximum Gasteiger partial charge on any atom is 0.267 e. The number of hydrogen-bond donors (Lipinski definition) is 1. The minimum Gasteiger partial charge on any atom is -0.345 e. The van der Waals surface area contributed by atoms with Gasteiger partial charge in [-0.25, -0.2) is 4.98 Å². The van der Waals surface area contributed by atoms with Gasteiger partial charge in [-0.15, -0.1) is 6.58 Å². The number of thiocarbonyl (C=S) groups is 1. The summed E-state index contributed by atoms with van der Waals surface area (Å²) in [4.78, 5) is 36.6. The van der Waals surface area contributed by atoms with Crippen LogP contribution in [0, 0.1) is 0 Å². The predicted molar refractivity (Wildman–Crippen MR) is 125 cm³/mol. The molecule has 0 spiro atoms. The normalized spacial score (nSPS) is 19.3. The van der Waals surface area contributed by atoms with E-state index in [4.69, 9.17) is 17.2 Å². The highest BCUT2D eigenvalue weighted by Crippen LogP contribution is 2.33. The van der Waals surface area contributed by atoms with Gasteiger partial charge in [-0.3, -0.25) is 18.9 Å². The van der Waals surface area contributed by atoms with Crippen molar-refractivity contribution in [3.63, 3.8) is 0 Å². The molecule has 2 aromatic heterocycles. The Labute approximate surface area is 184 Å². The first-order valence-corrected chi connectivity index (χ1v) is 11.2. The lowest BCUT2D eigenvalue weighted by molar-refractivity contribution is -0.898. The highest BCUT2D eigenvalue weighted by Gasteiger charge is 2.32. The molecule has 4 heterocycles. The average Bonchev–Trinajstić information content (AvgIpc) is 3.03. The molecule has 156 valence electrons. The number of amides is 1. The Morgan fingerprint density at radius 2 is 2.07 bits per heavy atom. The summed E-state index contributed by atoms with van der Waals surface area (Å²) in [7, 11) is 0. The smallest absolute Gasteiger partial charge is 0.267 e. The molecule has 0 aliphatic carbocycles. The largest absolute Gasteiger partial charge is 0.345 e. The number of quaternary nitrogens is 1. The molecule has 4 rings (SSSR count). The van der Waals surface area contributed by atoms with E-state index in [0.717, 1.165) is 32.7 Å². The van der Waals surface area contributed by atoms with Gasteiger partial charge in [0, 0.05) is 12.7 Å². The lowest BCUT2D eigenvalue weighted by Crippen LogP contribution is -3.14. The van der Waals surface area contributed by atoms with Crippen LogP contribution in [0.4, 0.5) is 5.82 Å². The zero-order chi connectivity index (χ0) is 21.3. The van der Waals surface area contributed by atoms with Crippen molar-refractivity contribution >= 4 is 51.7 Å². The number of carbonyl (C=O) groups excluding carboxylic acids is 1. The van der Waals surface area contributed by atoms with Crippen LogP contribution in [0.1, 0.15) is 12.5 Å². The van der Waals surface area contributed by atoms with Crippen LogP contribution in [0.2, 0.25) is 0 Å². The Kier molecular flexibility index (Phi) is 6.03. The lowest BCUT2D eigenvalue weighted by atomic mass is 10.2. The molecule has 7 nitrogen and oxygen atoms in total. The van der Waals surface area contributed by atoms with Crippen LogP contribution < -0.4 is 15.4 Å². The second-order valence-electron chi connectivity index (χ2n) is 7.25. The van der Waals surface area contributed by atoms with Gasteiger partial charge in [0.1, 0.15) is 15.8 Å². The van der Waals surface area contributed by atoms with Gasteiger partial charge in [-0.05, 0) is 25.1 Å². The first-order valence-electron chi connectivity index (χ1n) is 9.99. The summed E-state index contributed by atoms with van der Waals surface area (Å²) in [5, 5.41) is 0. The molecule has 1 amide bonds. The van der Waals surface area contributed by atoms with Crippen molar-refractivity contribution < 1.29 is 9.69 Å². The first-order chi connectivity index (χ1) is 14.5. The second-order valence-corrected chi connectivity index (χ2v) is 8.93. The molecular weight excluding hydrogens is 418 g/mol. The van der Waals surface area contributed by atoms with E-state index in [1.54, 1.807) is 24.4 Å². The van der Waals surface area contributed by atoms with Crippen molar-refractivity contribution in [3.8, 4) is 0 Å². The monoisotopic (exact) mass is 442 g/mol. The van der Waals surface area contributed by atoms with Crippen molar-refractivity contribution in [1.29, 1.82) is 0 Å². The molecule has 2 saturated heterocycles. The first kappa shape index (κ1) is 20.8. The molecule has 0 atom stereocenters. The van der Waals surface area contributed by atoms with Crippen molar-refractivity contribution in [2.75, 3.05) is 44.2 Å². The topological polar surface area (TPSA) is 62.4 Å². The second kappa shape index (κ2) is 8.71. The van der Waals surface area contributed by atoms with Gasteiger partial charge in [0.15, 0.2) is 0 Å². The van der Waals surface area contributed by atoms with Crippen LogP contribution in [-0.4, -0.2) is 63.8 Å². The maximum absolute atomic E-state index is 13.4. The van der Waals surface area contributed by atoms with Crippen LogP contribution in [-0.2, 0) is 4.79 Å². The number of hydrogen-bond acceptors (Lipinski definition) is 6. The quantitative estimate of drug-likeness (QED) is 0.420. The Bertz CT molecular complexity index is 1100. The fraction of sp³-hybridized carbons (Fsp3) is 0.333. The summed E-state index contributed by atoms with van der Waals surface area (Å²) in [5.41, 5.74) is 0.840. The van der Waals surface area contributed by atoms with Crippen LogP contribution in [0.15, 0.2) is 46.8 Å². The molecule has 2 aliphatic rings. The van der Waals surface area contributed by atoms with E-state index < -0.39 is 0 Å². The van der Waals surface area contributed by atoms with Gasteiger partial charge in [0.05, 0.1) is 43.2 Å². The minimum atomic E-state index is -0.200. The van der Waals surface area contributed by atoms with E-state index in [1.165, 1.54) is 26.0 Å². The molecule has 2 aliphatic heterocycles. The molecule has 0 aromatic carbocycles. The fourth-order valence-corrected chi connectivity index (χ4v) is 5.02. The van der Waals surface area contributed by atoms with E-state index >= 15 is 0 Å². The number of piperazine rings is 1. The molecule has 0 saturated carbocycles. The molecule has 9 heteroatoms. The molecule has 30 heavy (non-hydrogen) atoms. The summed E-state index contributed by atoms with van der Waals surface area (Å²) in [6.07, 6.45) is 5.00.